The molecule has 4 rings (SSSR count). The number of nitrogens with zero attached hydrogens (tertiary/aromatic N) is 4. The van der Waals surface area contributed by atoms with Crippen LogP contribution < -0.4 is 11.0 Å². The van der Waals surface area contributed by atoms with E-state index in [0.29, 0.717) is 11.1 Å². The van der Waals surface area contributed by atoms with Crippen LogP contribution in [0.5, 0.6) is 0 Å². The van der Waals surface area contributed by atoms with Crippen molar-refractivity contribution in [2.24, 2.45) is 0 Å². The maximum absolute atomic E-state index is 13.8. The van der Waals surface area contributed by atoms with E-state index in [4.69, 9.17) is 23.2 Å². The Morgan fingerprint density at radius 2 is 2.05 bits per heavy atom. The van der Waals surface area contributed by atoms with Gasteiger partial charge in [0, 0.05) is 48.7 Å². The Hall–Kier alpha value is -2.56. The lowest BCUT2D eigenvalue weighted by Crippen LogP contribution is -2.45. The molecule has 2 aliphatic heterocycles. The van der Waals surface area contributed by atoms with E-state index in [9.17, 15) is 13.8 Å². The normalized spacial score (nSPS) is 27.3. The number of ether oxygens (including phenoxy) is 1. The predicted octanol–water partition coefficient (Wildman–Crippen LogP) is 3.89. The lowest BCUT2D eigenvalue weighted by Gasteiger charge is -2.38. The van der Waals surface area contributed by atoms with E-state index in [0.717, 1.165) is 0 Å². The van der Waals surface area contributed by atoms with E-state index in [2.05, 4.69) is 24.9 Å². The molecular weight excluding hydrogens is 593 g/mol. The second kappa shape index (κ2) is 14.9. The van der Waals surface area contributed by atoms with Crippen LogP contribution in [0.2, 0.25) is 0 Å². The molecule has 43 heavy (non-hydrogen) atoms. The van der Waals surface area contributed by atoms with Crippen LogP contribution in [0.1, 0.15) is 65.0 Å². The minimum atomic E-state index is -1.71. The van der Waals surface area contributed by atoms with Gasteiger partial charge in [0.15, 0.2) is 6.23 Å². The SMILES string of the molecule is [2H]C[C@@]12O[C@@H](n3cc(C)c(NC(=O)c4ccccc4)nc3=O)[C@@H]([C@@H]1OP(OCC[N+]#[C-])N(C(C)C)C(C)C)S(=O)[C@H]2C.[3H]OC. The Labute approximate surface area is 259 Å². The van der Waals surface area contributed by atoms with Crippen molar-refractivity contribution >= 4 is 31.1 Å². The largest absolute Gasteiger partial charge is 0.400 e. The lowest BCUT2D eigenvalue weighted by atomic mass is 9.96. The Morgan fingerprint density at radius 3 is 2.63 bits per heavy atom. The molecule has 2 fully saturated rings. The highest BCUT2D eigenvalue weighted by molar-refractivity contribution is 7.86. The summed E-state index contributed by atoms with van der Waals surface area (Å²) in [7, 11) is -1.93. The highest BCUT2D eigenvalue weighted by Gasteiger charge is 2.68. The van der Waals surface area contributed by atoms with Crippen molar-refractivity contribution in [3.63, 3.8) is 0 Å². The van der Waals surface area contributed by atoms with Crippen LogP contribution in [0.4, 0.5) is 5.82 Å². The van der Waals surface area contributed by atoms with Crippen molar-refractivity contribution in [1.82, 2.24) is 14.2 Å². The van der Waals surface area contributed by atoms with Gasteiger partial charge in [-0.1, -0.05) is 18.2 Å². The molecular formula is C29H42N5O7PS. The Kier molecular flexibility index (Phi) is 11.1. The second-order valence-electron chi connectivity index (χ2n) is 10.7. The molecule has 1 amide bonds. The van der Waals surface area contributed by atoms with Crippen molar-refractivity contribution in [3.05, 3.63) is 69.6 Å². The summed E-state index contributed by atoms with van der Waals surface area (Å²) in [5, 5.41) is 4.89. The van der Waals surface area contributed by atoms with Crippen LogP contribution in [0.25, 0.3) is 4.85 Å². The number of aliphatic hydroxyl groups excluding tert-OH is 1. The molecule has 7 atom stereocenters. The molecule has 1 aromatic carbocycles. The molecule has 14 heteroatoms. The van der Waals surface area contributed by atoms with Crippen LogP contribution in [0, 0.1) is 13.5 Å². The molecule has 2 N–H and O–H groups in total. The first-order chi connectivity index (χ1) is 21.4. The Morgan fingerprint density at radius 1 is 1.40 bits per heavy atom. The second-order valence-corrected chi connectivity index (χ2v) is 14.0. The molecule has 0 aliphatic carbocycles. The number of fused-ring (bicyclic) bond motifs is 2. The van der Waals surface area contributed by atoms with E-state index in [-0.39, 0.29) is 38.0 Å². The number of carbonyl (C=O) groups excluding carboxylic acids is 1. The number of hydrogen-bond acceptors (Lipinski definition) is 9. The van der Waals surface area contributed by atoms with Gasteiger partial charge in [-0.25, -0.2) is 16.0 Å². The van der Waals surface area contributed by atoms with Gasteiger partial charge in [0.2, 0.25) is 7.98 Å². The fraction of sp³-hybridized carbons (Fsp3) is 0.586. The third-order valence-corrected chi connectivity index (χ3v) is 11.5. The number of aromatic nitrogens is 2. The van der Waals surface area contributed by atoms with Gasteiger partial charge in [-0.05, 0) is 60.6 Å². The van der Waals surface area contributed by atoms with Crippen molar-refractivity contribution in [2.75, 3.05) is 25.6 Å². The highest BCUT2D eigenvalue weighted by atomic mass is 32.2. The minimum Gasteiger partial charge on any atom is -0.400 e. The topological polar surface area (TPSA) is 137 Å². The van der Waals surface area contributed by atoms with Crippen LogP contribution in [0.15, 0.2) is 41.3 Å². The first kappa shape index (κ1) is 31.9. The van der Waals surface area contributed by atoms with Gasteiger partial charge in [0.25, 0.3) is 14.4 Å². The number of hydrogen-bond donors (Lipinski definition) is 2. The van der Waals surface area contributed by atoms with Gasteiger partial charge in [0.05, 0.1) is 5.25 Å². The zero-order valence-corrected chi connectivity index (χ0v) is 27.3. The molecule has 1 aromatic heterocycles. The van der Waals surface area contributed by atoms with E-state index >= 15 is 0 Å². The summed E-state index contributed by atoms with van der Waals surface area (Å²) in [5.74, 6) is -0.283. The molecule has 2 aromatic rings. The van der Waals surface area contributed by atoms with E-state index in [1.165, 1.54) is 17.9 Å². The van der Waals surface area contributed by atoms with Crippen LogP contribution in [-0.2, 0) is 24.6 Å². The average molecular weight is 639 g/mol. The monoisotopic (exact) mass is 638 g/mol. The van der Waals surface area contributed by atoms with Gasteiger partial charge >= 0.3 is 5.69 Å². The van der Waals surface area contributed by atoms with Crippen LogP contribution >= 0.6 is 8.53 Å². The standard InChI is InChI=1S/C28H38N5O6PS.CH4O/c1-17(2)33(18(3)4)40(37-15-14-29-8)39-23-22-26(38-28(23,7)20(6)41(22)36)32-16-19(5)24(31-27(32)35)30-25(34)21-12-10-9-11-13-21;1-2/h9-13,16-18,20,22-23,26H,14-15H2,1-7H3,(H,30,31,34,35);2H,1H3/t20-,22+,23-,26+,28-,40?,41?;/m0./s1/i7D;2T. The van der Waals surface area contributed by atoms with E-state index in [1.807, 2.05) is 27.7 Å². The first-order valence-corrected chi connectivity index (χ1v) is 16.3. The smallest absolute Gasteiger partial charge is 0.351 e. The zero-order valence-electron chi connectivity index (χ0n) is 27.6. The third-order valence-electron chi connectivity index (χ3n) is 7.24. The van der Waals surface area contributed by atoms with Gasteiger partial charge in [0.1, 0.15) is 29.4 Å². The summed E-state index contributed by atoms with van der Waals surface area (Å²) in [4.78, 5) is 33.5. The average Bonchev–Trinajstić information content (AvgIpc) is 3.42. The van der Waals surface area contributed by atoms with Crippen LogP contribution in [-0.4, -0.2) is 85.4 Å². The Balaban J connectivity index is 0.00000177. The molecule has 2 unspecified atom stereocenters. The summed E-state index contributed by atoms with van der Waals surface area (Å²) in [6.45, 7) is 18.8. The molecule has 0 radical (unpaired) electrons. The van der Waals surface area contributed by atoms with Crippen molar-refractivity contribution in [2.45, 2.75) is 89.0 Å². The third kappa shape index (κ3) is 7.23. The number of carbonyl (C=O) groups is 1. The van der Waals surface area contributed by atoms with Gasteiger partial charge in [-0.2, -0.15) is 4.98 Å². The number of anilines is 1. The van der Waals surface area contributed by atoms with E-state index in [1.54, 1.807) is 44.2 Å². The molecule has 2 saturated heterocycles. The summed E-state index contributed by atoms with van der Waals surface area (Å²) in [6.07, 6.45) is -0.275. The molecule has 3 heterocycles. The summed E-state index contributed by atoms with van der Waals surface area (Å²) >= 11 is 0. The van der Waals surface area contributed by atoms with Gasteiger partial charge in [-0.3, -0.25) is 13.6 Å². The number of rotatable bonds is 11. The molecule has 0 saturated carbocycles. The summed E-state index contributed by atoms with van der Waals surface area (Å²) in [5.41, 5.74) is -1.01. The van der Waals surface area contributed by atoms with Crippen LogP contribution in [0.3, 0.4) is 0 Å². The predicted molar refractivity (Wildman–Crippen MR) is 167 cm³/mol. The number of aryl methyl sites for hydroxylation is 1. The van der Waals surface area contributed by atoms with E-state index < -0.39 is 59.4 Å². The lowest BCUT2D eigenvalue weighted by molar-refractivity contribution is -0.0895. The number of amides is 1. The fourth-order valence-electron chi connectivity index (χ4n) is 5.18. The van der Waals surface area contributed by atoms with Crippen molar-refractivity contribution in [3.8, 4) is 0 Å². The zero-order chi connectivity index (χ0) is 33.5. The van der Waals surface area contributed by atoms with Gasteiger partial charge in [-0.15, -0.1) is 0 Å². The molecule has 12 nitrogen and oxygen atoms in total. The molecule has 236 valence electrons. The molecule has 2 aliphatic rings. The minimum absolute atomic E-state index is 0.0443. The molecule has 2 bridgehead atoms. The Bertz CT molecular complexity index is 1420. The maximum atomic E-state index is 13.8. The summed E-state index contributed by atoms with van der Waals surface area (Å²) < 4.78 is 50.5. The molecule has 0 spiro atoms. The first-order valence-electron chi connectivity index (χ1n) is 15.0. The number of benzene rings is 1. The summed E-state index contributed by atoms with van der Waals surface area (Å²) in [6, 6.07) is 8.69. The maximum Gasteiger partial charge on any atom is 0.351 e. The quantitative estimate of drug-likeness (QED) is 0.213. The fourth-order valence-corrected chi connectivity index (χ4v) is 9.06. The number of nitrogens with one attached hydrogen (secondary N) is 1. The number of aliphatic hydroxyl groups is 1. The van der Waals surface area contributed by atoms with Crippen molar-refractivity contribution < 1.29 is 29.3 Å². The van der Waals surface area contributed by atoms with Crippen molar-refractivity contribution in [1.29, 1.82) is 1.43 Å². The highest BCUT2D eigenvalue weighted by Crippen LogP contribution is 2.57. The van der Waals surface area contributed by atoms with Gasteiger partial charge < -0.3 is 29.1 Å².